The largest absolute Gasteiger partial charge is 0.461 e. The van der Waals surface area contributed by atoms with Crippen LogP contribution in [0, 0.1) is 0 Å². The highest BCUT2D eigenvalue weighted by molar-refractivity contribution is 7.99. The molecule has 0 aliphatic carbocycles. The third-order valence-corrected chi connectivity index (χ3v) is 6.03. The van der Waals surface area contributed by atoms with Crippen molar-refractivity contribution in [1.29, 1.82) is 0 Å². The second kappa shape index (κ2) is 10.2. The number of carbonyl (C=O) groups excluding carboxylic acids is 1. The summed E-state index contributed by atoms with van der Waals surface area (Å²) in [6.07, 6.45) is -2.89. The molecule has 0 saturated heterocycles. The van der Waals surface area contributed by atoms with E-state index in [-0.39, 0.29) is 11.7 Å². The van der Waals surface area contributed by atoms with Crippen LogP contribution >= 0.6 is 11.8 Å². The second-order valence-corrected chi connectivity index (χ2v) is 8.50. The van der Waals surface area contributed by atoms with Gasteiger partial charge in [0.2, 0.25) is 11.7 Å². The van der Waals surface area contributed by atoms with E-state index in [1.807, 2.05) is 34.9 Å². The molecule has 2 aromatic carbocycles. The van der Waals surface area contributed by atoms with Gasteiger partial charge in [0.05, 0.1) is 30.2 Å². The van der Waals surface area contributed by atoms with Gasteiger partial charge >= 0.3 is 6.18 Å². The molecule has 1 N–H and O–H groups in total. The molecular weight excluding hydrogens is 465 g/mol. The van der Waals surface area contributed by atoms with Crippen LogP contribution in [-0.2, 0) is 17.5 Å². The Balaban J connectivity index is 1.45. The molecule has 0 aliphatic heterocycles. The number of benzene rings is 2. The van der Waals surface area contributed by atoms with E-state index in [2.05, 4.69) is 15.5 Å². The average Bonchev–Trinajstić information content (AvgIpc) is 3.48. The highest BCUT2D eigenvalue weighted by atomic mass is 32.2. The van der Waals surface area contributed by atoms with E-state index in [9.17, 15) is 18.0 Å². The van der Waals surface area contributed by atoms with Crippen molar-refractivity contribution in [1.82, 2.24) is 20.1 Å². The Bertz CT molecular complexity index is 1240. The normalized spacial score (nSPS) is 12.5. The van der Waals surface area contributed by atoms with Gasteiger partial charge in [-0.15, -0.1) is 10.2 Å². The Morgan fingerprint density at radius 2 is 1.88 bits per heavy atom. The number of amides is 1. The first kappa shape index (κ1) is 23.6. The number of carbonyl (C=O) groups is 1. The number of rotatable bonds is 8. The summed E-state index contributed by atoms with van der Waals surface area (Å²) in [5.41, 5.74) is 0.653. The number of nitrogens with zero attached hydrogens (tertiary/aromatic N) is 3. The molecule has 1 amide bonds. The van der Waals surface area contributed by atoms with Gasteiger partial charge in [0.1, 0.15) is 0 Å². The van der Waals surface area contributed by atoms with E-state index in [1.165, 1.54) is 17.8 Å². The first-order valence-corrected chi connectivity index (χ1v) is 11.4. The Morgan fingerprint density at radius 1 is 1.09 bits per heavy atom. The van der Waals surface area contributed by atoms with Crippen molar-refractivity contribution in [3.05, 3.63) is 89.7 Å². The molecule has 2 aromatic heterocycles. The predicted molar refractivity (Wildman–Crippen MR) is 122 cm³/mol. The van der Waals surface area contributed by atoms with Crippen LogP contribution in [0.1, 0.15) is 29.7 Å². The summed E-state index contributed by atoms with van der Waals surface area (Å²) in [5, 5.41) is 11.7. The quantitative estimate of drug-likeness (QED) is 0.330. The van der Waals surface area contributed by atoms with Crippen molar-refractivity contribution in [2.75, 3.05) is 5.75 Å². The van der Waals surface area contributed by atoms with Crippen LogP contribution in [-0.4, -0.2) is 26.4 Å². The van der Waals surface area contributed by atoms with Crippen LogP contribution in [0.2, 0.25) is 0 Å². The van der Waals surface area contributed by atoms with Gasteiger partial charge < -0.3 is 9.73 Å². The maximum Gasteiger partial charge on any atom is 0.416 e. The minimum absolute atomic E-state index is 0.0222. The van der Waals surface area contributed by atoms with Gasteiger partial charge in [0.15, 0.2) is 10.9 Å². The summed E-state index contributed by atoms with van der Waals surface area (Å²) in [5.74, 6) is 0.782. The van der Waals surface area contributed by atoms with Crippen LogP contribution in [0.5, 0.6) is 0 Å². The van der Waals surface area contributed by atoms with Gasteiger partial charge in [-0.25, -0.2) is 0 Å². The Labute approximate surface area is 198 Å². The van der Waals surface area contributed by atoms with Crippen LogP contribution in [0.15, 0.2) is 82.6 Å². The zero-order valence-corrected chi connectivity index (χ0v) is 18.9. The van der Waals surface area contributed by atoms with Gasteiger partial charge in [0.25, 0.3) is 0 Å². The second-order valence-electron chi connectivity index (χ2n) is 7.56. The van der Waals surface area contributed by atoms with Crippen molar-refractivity contribution in [2.24, 2.45) is 0 Å². The van der Waals surface area contributed by atoms with Crippen molar-refractivity contribution < 1.29 is 22.4 Å². The summed E-state index contributed by atoms with van der Waals surface area (Å²) in [6, 6.07) is 17.6. The van der Waals surface area contributed by atoms with E-state index in [4.69, 9.17) is 4.42 Å². The summed E-state index contributed by atoms with van der Waals surface area (Å²) >= 11 is 1.19. The minimum Gasteiger partial charge on any atom is -0.461 e. The summed E-state index contributed by atoms with van der Waals surface area (Å²) in [4.78, 5) is 12.6. The molecule has 2 heterocycles. The first-order chi connectivity index (χ1) is 16.3. The standard InChI is InChI=1S/C24H21F3N4O2S/c1-16(18-9-5-10-19(13-18)24(25,26)27)28-21(32)15-34-23-30-29-22(20-11-6-12-33-20)31(23)14-17-7-3-2-4-8-17/h2-13,16H,14-15H2,1H3,(H,28,32). The van der Waals surface area contributed by atoms with E-state index >= 15 is 0 Å². The number of nitrogens with one attached hydrogen (secondary N) is 1. The topological polar surface area (TPSA) is 73.0 Å². The average molecular weight is 487 g/mol. The smallest absolute Gasteiger partial charge is 0.416 e. The van der Waals surface area contributed by atoms with Crippen molar-refractivity contribution in [2.45, 2.75) is 30.8 Å². The molecule has 0 saturated carbocycles. The Kier molecular flexibility index (Phi) is 7.06. The fourth-order valence-electron chi connectivity index (χ4n) is 3.37. The number of halogens is 3. The third kappa shape index (κ3) is 5.69. The van der Waals surface area contributed by atoms with E-state index in [0.29, 0.717) is 28.8 Å². The van der Waals surface area contributed by atoms with Gasteiger partial charge in [0, 0.05) is 0 Å². The zero-order chi connectivity index (χ0) is 24.1. The molecule has 0 spiro atoms. The number of aromatic nitrogens is 3. The molecule has 0 fully saturated rings. The Hall–Kier alpha value is -3.53. The Morgan fingerprint density at radius 3 is 2.59 bits per heavy atom. The van der Waals surface area contributed by atoms with E-state index in [1.54, 1.807) is 31.4 Å². The van der Waals surface area contributed by atoms with Crippen LogP contribution in [0.25, 0.3) is 11.6 Å². The maximum absolute atomic E-state index is 13.0. The fourth-order valence-corrected chi connectivity index (χ4v) is 4.12. The third-order valence-electron chi connectivity index (χ3n) is 5.07. The van der Waals surface area contributed by atoms with E-state index < -0.39 is 17.8 Å². The molecule has 0 radical (unpaired) electrons. The lowest BCUT2D eigenvalue weighted by Gasteiger charge is -2.16. The molecule has 0 bridgehead atoms. The lowest BCUT2D eigenvalue weighted by Crippen LogP contribution is -2.28. The molecule has 0 aliphatic rings. The number of hydrogen-bond acceptors (Lipinski definition) is 5. The molecule has 1 atom stereocenters. The van der Waals surface area contributed by atoms with E-state index in [0.717, 1.165) is 17.7 Å². The van der Waals surface area contributed by atoms with Gasteiger partial charge in [-0.3, -0.25) is 9.36 Å². The maximum atomic E-state index is 13.0. The van der Waals surface area contributed by atoms with Gasteiger partial charge in [-0.1, -0.05) is 54.2 Å². The molecule has 10 heteroatoms. The first-order valence-electron chi connectivity index (χ1n) is 10.4. The highest BCUT2D eigenvalue weighted by Gasteiger charge is 2.30. The SMILES string of the molecule is CC(NC(=O)CSc1nnc(-c2ccco2)n1Cc1ccccc1)c1cccc(C(F)(F)F)c1. The van der Waals surface area contributed by atoms with Crippen molar-refractivity contribution in [3.63, 3.8) is 0 Å². The highest BCUT2D eigenvalue weighted by Crippen LogP contribution is 2.31. The van der Waals surface area contributed by atoms with Gasteiger partial charge in [-0.2, -0.15) is 13.2 Å². The number of furan rings is 1. The van der Waals surface area contributed by atoms with Crippen LogP contribution < -0.4 is 5.32 Å². The summed E-state index contributed by atoms with van der Waals surface area (Å²) < 4.78 is 46.3. The van der Waals surface area contributed by atoms with Crippen molar-refractivity contribution in [3.8, 4) is 11.6 Å². The molecule has 4 aromatic rings. The van der Waals surface area contributed by atoms with Gasteiger partial charge in [-0.05, 0) is 42.3 Å². The minimum atomic E-state index is -4.44. The van der Waals surface area contributed by atoms with Crippen LogP contribution in [0.3, 0.4) is 0 Å². The monoisotopic (exact) mass is 486 g/mol. The number of alkyl halides is 3. The molecular formula is C24H21F3N4O2S. The molecule has 1 unspecified atom stereocenters. The number of thioether (sulfide) groups is 1. The number of hydrogen-bond donors (Lipinski definition) is 1. The lowest BCUT2D eigenvalue weighted by molar-refractivity contribution is -0.137. The molecule has 4 rings (SSSR count). The summed E-state index contributed by atoms with van der Waals surface area (Å²) in [7, 11) is 0. The predicted octanol–water partition coefficient (Wildman–Crippen LogP) is 5.57. The van der Waals surface area contributed by atoms with Crippen LogP contribution in [0.4, 0.5) is 13.2 Å². The lowest BCUT2D eigenvalue weighted by atomic mass is 10.0. The molecule has 176 valence electrons. The fraction of sp³-hybridized carbons (Fsp3) is 0.208. The zero-order valence-electron chi connectivity index (χ0n) is 18.1. The summed E-state index contributed by atoms with van der Waals surface area (Å²) in [6.45, 7) is 2.12. The molecule has 6 nitrogen and oxygen atoms in total. The molecule has 34 heavy (non-hydrogen) atoms. The van der Waals surface area contributed by atoms with Crippen molar-refractivity contribution >= 4 is 17.7 Å².